The Hall–Kier alpha value is -0.350. The molecule has 0 heterocycles. The average molecular weight is 280 g/mol. The molecule has 0 aromatic heterocycles. The summed E-state index contributed by atoms with van der Waals surface area (Å²) in [6.45, 7) is 3.42. The van der Waals surface area contributed by atoms with Crippen LogP contribution >= 0.6 is 23.2 Å². The summed E-state index contributed by atoms with van der Waals surface area (Å²) in [6, 6.07) is 2.78. The second-order valence-electron chi connectivity index (χ2n) is 3.81. The molecule has 1 N–H and O–H groups in total. The zero-order valence-corrected chi connectivity index (χ0v) is 11.4. The molecule has 1 atom stereocenters. The average Bonchev–Trinajstić information content (AvgIpc) is 2.29. The normalized spacial score (nSPS) is 12.8. The molecule has 0 aliphatic rings. The van der Waals surface area contributed by atoms with Crippen molar-refractivity contribution in [3.05, 3.63) is 33.6 Å². The van der Waals surface area contributed by atoms with Gasteiger partial charge in [0.1, 0.15) is 5.82 Å². The Morgan fingerprint density at radius 1 is 1.35 bits per heavy atom. The van der Waals surface area contributed by atoms with Crippen LogP contribution in [0.5, 0.6) is 0 Å². The molecular formula is C12H16Cl2FNO. The summed E-state index contributed by atoms with van der Waals surface area (Å²) in [5.74, 6) is -0.448. The number of ether oxygens (including phenoxy) is 1. The van der Waals surface area contributed by atoms with Gasteiger partial charge < -0.3 is 10.1 Å². The molecule has 0 saturated carbocycles. The standard InChI is InChI=1S/C12H16Cl2FNO/c1-8(16-4-3-5-17-2)9-6-12(15)11(14)7-10(9)13/h6-8,16H,3-5H2,1-2H3. The van der Waals surface area contributed by atoms with E-state index in [9.17, 15) is 4.39 Å². The molecule has 0 amide bonds. The van der Waals surface area contributed by atoms with Crippen molar-refractivity contribution in [3.8, 4) is 0 Å². The molecule has 1 aromatic rings. The van der Waals surface area contributed by atoms with Crippen molar-refractivity contribution >= 4 is 23.2 Å². The summed E-state index contributed by atoms with van der Waals surface area (Å²) in [5, 5.41) is 3.77. The number of hydrogen-bond acceptors (Lipinski definition) is 2. The van der Waals surface area contributed by atoms with E-state index in [2.05, 4.69) is 5.32 Å². The Balaban J connectivity index is 2.62. The molecule has 0 aliphatic carbocycles. The van der Waals surface area contributed by atoms with E-state index in [0.717, 1.165) is 13.0 Å². The fourth-order valence-corrected chi connectivity index (χ4v) is 2.06. The van der Waals surface area contributed by atoms with Crippen molar-refractivity contribution in [2.24, 2.45) is 0 Å². The Labute approximate surface area is 111 Å². The number of methoxy groups -OCH3 is 1. The van der Waals surface area contributed by atoms with E-state index in [0.29, 0.717) is 17.2 Å². The first kappa shape index (κ1) is 14.7. The van der Waals surface area contributed by atoms with E-state index >= 15 is 0 Å². The molecule has 1 aromatic carbocycles. The lowest BCUT2D eigenvalue weighted by Crippen LogP contribution is -2.21. The molecule has 1 rings (SSSR count). The van der Waals surface area contributed by atoms with Crippen LogP contribution in [0.2, 0.25) is 10.0 Å². The Bertz CT molecular complexity index is 374. The van der Waals surface area contributed by atoms with Gasteiger partial charge in [-0.1, -0.05) is 23.2 Å². The number of nitrogens with one attached hydrogen (secondary N) is 1. The largest absolute Gasteiger partial charge is 0.385 e. The predicted octanol–water partition coefficient (Wildman–Crippen LogP) is 3.82. The maximum absolute atomic E-state index is 13.3. The number of rotatable bonds is 6. The van der Waals surface area contributed by atoms with E-state index in [4.69, 9.17) is 27.9 Å². The molecular weight excluding hydrogens is 264 g/mol. The second-order valence-corrected chi connectivity index (χ2v) is 4.62. The summed E-state index contributed by atoms with van der Waals surface area (Å²) in [4.78, 5) is 0. The molecule has 0 saturated heterocycles. The molecule has 2 nitrogen and oxygen atoms in total. The highest BCUT2D eigenvalue weighted by molar-refractivity contribution is 6.35. The third-order valence-electron chi connectivity index (χ3n) is 2.48. The second kappa shape index (κ2) is 7.17. The highest BCUT2D eigenvalue weighted by Crippen LogP contribution is 2.28. The summed E-state index contributed by atoms with van der Waals surface area (Å²) in [7, 11) is 1.66. The Morgan fingerprint density at radius 2 is 2.06 bits per heavy atom. The van der Waals surface area contributed by atoms with Gasteiger partial charge in [0, 0.05) is 24.8 Å². The van der Waals surface area contributed by atoms with Gasteiger partial charge in [0.15, 0.2) is 0 Å². The third kappa shape index (κ3) is 4.43. The van der Waals surface area contributed by atoms with E-state index in [1.165, 1.54) is 12.1 Å². The van der Waals surface area contributed by atoms with Gasteiger partial charge in [0.05, 0.1) is 5.02 Å². The fourth-order valence-electron chi connectivity index (χ4n) is 1.51. The minimum atomic E-state index is -0.448. The molecule has 0 aliphatic heterocycles. The molecule has 96 valence electrons. The zero-order valence-electron chi connectivity index (χ0n) is 9.90. The molecule has 0 bridgehead atoms. The first-order valence-corrected chi connectivity index (χ1v) is 6.18. The minimum Gasteiger partial charge on any atom is -0.385 e. The summed E-state index contributed by atoms with van der Waals surface area (Å²) >= 11 is 11.7. The van der Waals surface area contributed by atoms with Crippen LogP contribution in [0.4, 0.5) is 4.39 Å². The third-order valence-corrected chi connectivity index (χ3v) is 3.10. The van der Waals surface area contributed by atoms with Crippen LogP contribution < -0.4 is 5.32 Å². The fraction of sp³-hybridized carbons (Fsp3) is 0.500. The van der Waals surface area contributed by atoms with Crippen molar-refractivity contribution in [2.45, 2.75) is 19.4 Å². The van der Waals surface area contributed by atoms with Crippen LogP contribution in [-0.4, -0.2) is 20.3 Å². The first-order chi connectivity index (χ1) is 8.06. The summed E-state index contributed by atoms with van der Waals surface area (Å²) in [6.07, 6.45) is 0.897. The monoisotopic (exact) mass is 279 g/mol. The Morgan fingerprint density at radius 3 is 2.71 bits per heavy atom. The van der Waals surface area contributed by atoms with Gasteiger partial charge in [-0.15, -0.1) is 0 Å². The summed E-state index contributed by atoms with van der Waals surface area (Å²) in [5.41, 5.74) is 0.714. The van der Waals surface area contributed by atoms with Crippen molar-refractivity contribution in [1.82, 2.24) is 5.32 Å². The lowest BCUT2D eigenvalue weighted by molar-refractivity contribution is 0.193. The van der Waals surface area contributed by atoms with Crippen LogP contribution in [0.3, 0.4) is 0 Å². The van der Waals surface area contributed by atoms with E-state index in [-0.39, 0.29) is 11.1 Å². The quantitative estimate of drug-likeness (QED) is 0.631. The van der Waals surface area contributed by atoms with E-state index < -0.39 is 5.82 Å². The van der Waals surface area contributed by atoms with Gasteiger partial charge in [0.25, 0.3) is 0 Å². The van der Waals surface area contributed by atoms with Crippen LogP contribution in [0.1, 0.15) is 24.9 Å². The predicted molar refractivity (Wildman–Crippen MR) is 69.3 cm³/mol. The van der Waals surface area contributed by atoms with Crippen LogP contribution in [0, 0.1) is 5.82 Å². The molecule has 0 fully saturated rings. The first-order valence-electron chi connectivity index (χ1n) is 5.43. The van der Waals surface area contributed by atoms with E-state index in [1.54, 1.807) is 7.11 Å². The van der Waals surface area contributed by atoms with Crippen molar-refractivity contribution in [2.75, 3.05) is 20.3 Å². The lowest BCUT2D eigenvalue weighted by Gasteiger charge is -2.16. The highest BCUT2D eigenvalue weighted by Gasteiger charge is 2.12. The van der Waals surface area contributed by atoms with Crippen molar-refractivity contribution in [1.29, 1.82) is 0 Å². The van der Waals surface area contributed by atoms with Crippen molar-refractivity contribution in [3.63, 3.8) is 0 Å². The highest BCUT2D eigenvalue weighted by atomic mass is 35.5. The van der Waals surface area contributed by atoms with Gasteiger partial charge >= 0.3 is 0 Å². The topological polar surface area (TPSA) is 21.3 Å². The molecule has 0 spiro atoms. The smallest absolute Gasteiger partial charge is 0.142 e. The Kier molecular flexibility index (Phi) is 6.20. The van der Waals surface area contributed by atoms with Gasteiger partial charge in [0.2, 0.25) is 0 Å². The number of benzene rings is 1. The maximum atomic E-state index is 13.3. The molecule has 0 radical (unpaired) electrons. The van der Waals surface area contributed by atoms with Gasteiger partial charge in [-0.05, 0) is 37.6 Å². The van der Waals surface area contributed by atoms with Crippen LogP contribution in [-0.2, 0) is 4.74 Å². The number of halogens is 3. The molecule has 17 heavy (non-hydrogen) atoms. The van der Waals surface area contributed by atoms with Gasteiger partial charge in [-0.3, -0.25) is 0 Å². The van der Waals surface area contributed by atoms with Crippen LogP contribution in [0.25, 0.3) is 0 Å². The molecule has 5 heteroatoms. The van der Waals surface area contributed by atoms with Crippen LogP contribution in [0.15, 0.2) is 12.1 Å². The molecule has 1 unspecified atom stereocenters. The van der Waals surface area contributed by atoms with Gasteiger partial charge in [-0.25, -0.2) is 4.39 Å². The number of hydrogen-bond donors (Lipinski definition) is 1. The zero-order chi connectivity index (χ0) is 12.8. The minimum absolute atomic E-state index is 0.0221. The van der Waals surface area contributed by atoms with Gasteiger partial charge in [-0.2, -0.15) is 0 Å². The maximum Gasteiger partial charge on any atom is 0.142 e. The van der Waals surface area contributed by atoms with Crippen molar-refractivity contribution < 1.29 is 9.13 Å². The SMILES string of the molecule is COCCCNC(C)c1cc(F)c(Cl)cc1Cl. The summed E-state index contributed by atoms with van der Waals surface area (Å²) < 4.78 is 18.3. The van der Waals surface area contributed by atoms with E-state index in [1.807, 2.05) is 6.92 Å². The lowest BCUT2D eigenvalue weighted by atomic mass is 10.1.